The Hall–Kier alpha value is -1.40. The Morgan fingerprint density at radius 2 is 2.50 bits per heavy atom. The fraction of sp³-hybridized carbons (Fsp3) is 0.600. The Labute approximate surface area is 92.6 Å². The summed E-state index contributed by atoms with van der Waals surface area (Å²) in [6.45, 7) is 1.99. The maximum atomic E-state index is 10.5. The highest BCUT2D eigenvalue weighted by Crippen LogP contribution is 2.33. The molecule has 1 N–H and O–H groups in total. The van der Waals surface area contributed by atoms with E-state index in [-0.39, 0.29) is 30.5 Å². The first-order valence-electron chi connectivity index (χ1n) is 5.20. The first-order chi connectivity index (χ1) is 7.61. The largest absolute Gasteiger partial charge is 0.394 e. The zero-order valence-electron chi connectivity index (χ0n) is 8.94. The van der Waals surface area contributed by atoms with Crippen LogP contribution in [-0.2, 0) is 4.74 Å². The maximum absolute atomic E-state index is 10.5. The zero-order valence-corrected chi connectivity index (χ0v) is 8.94. The van der Waals surface area contributed by atoms with Gasteiger partial charge in [0.25, 0.3) is 5.69 Å². The molecule has 1 aliphatic heterocycles. The molecule has 2 unspecified atom stereocenters. The Bertz CT molecular complexity index is 390. The average Bonchev–Trinajstić information content (AvgIpc) is 2.83. The SMILES string of the molecule is CC1C[C@@H](n2ccc([N+](=O)[O-])c2)OC1CO. The Balaban J connectivity index is 2.11. The Kier molecular flexibility index (Phi) is 2.93. The molecular formula is C10H14N2O4. The molecular weight excluding hydrogens is 212 g/mol. The molecule has 0 radical (unpaired) electrons. The van der Waals surface area contributed by atoms with Crippen molar-refractivity contribution >= 4 is 5.69 Å². The van der Waals surface area contributed by atoms with Crippen LogP contribution >= 0.6 is 0 Å². The van der Waals surface area contributed by atoms with Crippen LogP contribution in [0.5, 0.6) is 0 Å². The lowest BCUT2D eigenvalue weighted by atomic mass is 10.0. The molecule has 1 aliphatic rings. The van der Waals surface area contributed by atoms with Crippen LogP contribution in [0.4, 0.5) is 5.69 Å². The van der Waals surface area contributed by atoms with Gasteiger partial charge < -0.3 is 14.4 Å². The second kappa shape index (κ2) is 4.23. The Morgan fingerprint density at radius 1 is 1.75 bits per heavy atom. The number of nitro groups is 1. The summed E-state index contributed by atoms with van der Waals surface area (Å²) in [6, 6.07) is 1.44. The number of aliphatic hydroxyl groups excluding tert-OH is 1. The summed E-state index contributed by atoms with van der Waals surface area (Å²) in [5.74, 6) is 0.261. The number of aromatic nitrogens is 1. The van der Waals surface area contributed by atoms with E-state index in [2.05, 4.69) is 0 Å². The summed E-state index contributed by atoms with van der Waals surface area (Å²) in [6.07, 6.45) is 3.47. The van der Waals surface area contributed by atoms with Gasteiger partial charge in [-0.25, -0.2) is 0 Å². The molecule has 16 heavy (non-hydrogen) atoms. The van der Waals surface area contributed by atoms with E-state index in [9.17, 15) is 10.1 Å². The van der Waals surface area contributed by atoms with Gasteiger partial charge in [-0.1, -0.05) is 6.92 Å². The predicted octanol–water partition coefficient (Wildman–Crippen LogP) is 1.31. The van der Waals surface area contributed by atoms with Gasteiger partial charge >= 0.3 is 0 Å². The van der Waals surface area contributed by atoms with Crippen molar-refractivity contribution < 1.29 is 14.8 Å². The first kappa shape index (κ1) is 11.1. The van der Waals surface area contributed by atoms with E-state index in [4.69, 9.17) is 9.84 Å². The van der Waals surface area contributed by atoms with Crippen molar-refractivity contribution in [2.75, 3.05) is 6.61 Å². The van der Waals surface area contributed by atoms with E-state index in [1.165, 1.54) is 12.3 Å². The molecule has 1 saturated heterocycles. The van der Waals surface area contributed by atoms with Crippen LogP contribution in [0.1, 0.15) is 19.6 Å². The predicted molar refractivity (Wildman–Crippen MR) is 55.9 cm³/mol. The molecule has 2 heterocycles. The van der Waals surface area contributed by atoms with Crippen LogP contribution in [-0.4, -0.2) is 27.3 Å². The number of nitrogens with zero attached hydrogens (tertiary/aromatic N) is 2. The lowest BCUT2D eigenvalue weighted by Gasteiger charge is -2.13. The fourth-order valence-corrected chi connectivity index (χ4v) is 1.96. The molecule has 0 saturated carbocycles. The minimum absolute atomic E-state index is 0.0129. The molecule has 0 aliphatic carbocycles. The van der Waals surface area contributed by atoms with Crippen LogP contribution in [0, 0.1) is 16.0 Å². The van der Waals surface area contributed by atoms with Gasteiger partial charge in [0, 0.05) is 12.3 Å². The average molecular weight is 226 g/mol. The number of aliphatic hydroxyl groups is 1. The highest BCUT2D eigenvalue weighted by Gasteiger charge is 2.32. The van der Waals surface area contributed by atoms with Crippen LogP contribution in [0.3, 0.4) is 0 Å². The summed E-state index contributed by atoms with van der Waals surface area (Å²) in [4.78, 5) is 10.1. The summed E-state index contributed by atoms with van der Waals surface area (Å²) in [5.41, 5.74) is 0.0590. The van der Waals surface area contributed by atoms with Gasteiger partial charge in [-0.3, -0.25) is 10.1 Å². The van der Waals surface area contributed by atoms with E-state index >= 15 is 0 Å². The normalized spacial score (nSPS) is 29.5. The zero-order chi connectivity index (χ0) is 11.7. The number of hydrogen-bond acceptors (Lipinski definition) is 4. The molecule has 0 bridgehead atoms. The number of rotatable bonds is 3. The second-order valence-electron chi connectivity index (χ2n) is 4.10. The van der Waals surface area contributed by atoms with Crippen molar-refractivity contribution in [2.24, 2.45) is 5.92 Å². The highest BCUT2D eigenvalue weighted by molar-refractivity contribution is 5.26. The molecule has 0 spiro atoms. The van der Waals surface area contributed by atoms with E-state index < -0.39 is 4.92 Å². The van der Waals surface area contributed by atoms with E-state index in [0.717, 1.165) is 6.42 Å². The summed E-state index contributed by atoms with van der Waals surface area (Å²) in [5, 5.41) is 19.6. The molecule has 1 fully saturated rings. The lowest BCUT2D eigenvalue weighted by Crippen LogP contribution is -2.18. The summed E-state index contributed by atoms with van der Waals surface area (Å²) in [7, 11) is 0. The lowest BCUT2D eigenvalue weighted by molar-refractivity contribution is -0.384. The smallest absolute Gasteiger partial charge is 0.286 e. The Morgan fingerprint density at radius 3 is 3.00 bits per heavy atom. The molecule has 1 aromatic rings. The summed E-state index contributed by atoms with van der Waals surface area (Å²) < 4.78 is 7.28. The van der Waals surface area contributed by atoms with Crippen molar-refractivity contribution in [1.29, 1.82) is 0 Å². The molecule has 6 heteroatoms. The first-order valence-corrected chi connectivity index (χ1v) is 5.20. The molecule has 6 nitrogen and oxygen atoms in total. The quantitative estimate of drug-likeness (QED) is 0.622. The number of hydrogen-bond donors (Lipinski definition) is 1. The summed E-state index contributed by atoms with van der Waals surface area (Å²) >= 11 is 0. The third kappa shape index (κ3) is 1.94. The third-order valence-electron chi connectivity index (χ3n) is 2.96. The van der Waals surface area contributed by atoms with Gasteiger partial charge in [0.05, 0.1) is 23.8 Å². The van der Waals surface area contributed by atoms with E-state index in [0.29, 0.717) is 0 Å². The topological polar surface area (TPSA) is 77.5 Å². The second-order valence-corrected chi connectivity index (χ2v) is 4.10. The van der Waals surface area contributed by atoms with Crippen LogP contribution in [0.15, 0.2) is 18.5 Å². The van der Waals surface area contributed by atoms with Gasteiger partial charge in [-0.05, 0) is 12.3 Å². The van der Waals surface area contributed by atoms with Crippen molar-refractivity contribution in [1.82, 2.24) is 4.57 Å². The molecule has 0 amide bonds. The molecule has 0 aromatic carbocycles. The van der Waals surface area contributed by atoms with Gasteiger partial charge in [-0.2, -0.15) is 0 Å². The van der Waals surface area contributed by atoms with Gasteiger partial charge in [0.2, 0.25) is 0 Å². The van der Waals surface area contributed by atoms with E-state index in [1.54, 1.807) is 10.8 Å². The standard InChI is InChI=1S/C10H14N2O4/c1-7-4-10(16-9(7)6-13)11-3-2-8(5-11)12(14)15/h2-3,5,7,9-10,13H,4,6H2,1H3/t7?,9?,10-/m0/s1. The van der Waals surface area contributed by atoms with Crippen molar-refractivity contribution in [3.05, 3.63) is 28.6 Å². The maximum Gasteiger partial charge on any atom is 0.286 e. The third-order valence-corrected chi connectivity index (χ3v) is 2.96. The van der Waals surface area contributed by atoms with Gasteiger partial charge in [-0.15, -0.1) is 0 Å². The van der Waals surface area contributed by atoms with Crippen LogP contribution in [0.25, 0.3) is 0 Å². The van der Waals surface area contributed by atoms with Crippen molar-refractivity contribution in [2.45, 2.75) is 25.7 Å². The molecule has 1 aromatic heterocycles. The van der Waals surface area contributed by atoms with Crippen molar-refractivity contribution in [3.63, 3.8) is 0 Å². The van der Waals surface area contributed by atoms with Gasteiger partial charge in [0.1, 0.15) is 6.23 Å². The minimum atomic E-state index is -0.432. The monoisotopic (exact) mass is 226 g/mol. The number of ether oxygens (including phenoxy) is 1. The molecule has 88 valence electrons. The highest BCUT2D eigenvalue weighted by atomic mass is 16.6. The van der Waals surface area contributed by atoms with E-state index in [1.807, 2.05) is 6.92 Å². The van der Waals surface area contributed by atoms with Gasteiger partial charge in [0.15, 0.2) is 0 Å². The van der Waals surface area contributed by atoms with Crippen LogP contribution in [0.2, 0.25) is 0 Å². The minimum Gasteiger partial charge on any atom is -0.394 e. The molecule has 3 atom stereocenters. The van der Waals surface area contributed by atoms with Crippen molar-refractivity contribution in [3.8, 4) is 0 Å². The fourth-order valence-electron chi connectivity index (χ4n) is 1.96. The van der Waals surface area contributed by atoms with Crippen LogP contribution < -0.4 is 0 Å². The molecule has 2 rings (SSSR count).